The van der Waals surface area contributed by atoms with Crippen molar-refractivity contribution in [3.8, 4) is 0 Å². The van der Waals surface area contributed by atoms with Crippen LogP contribution in [0.1, 0.15) is 64.7 Å². The zero-order valence-corrected chi connectivity index (χ0v) is 12.3. The third-order valence-electron chi connectivity index (χ3n) is 4.94. The van der Waals surface area contributed by atoms with Gasteiger partial charge in [-0.3, -0.25) is 4.79 Å². The van der Waals surface area contributed by atoms with Crippen molar-refractivity contribution >= 4 is 12.0 Å². The summed E-state index contributed by atoms with van der Waals surface area (Å²) in [4.78, 5) is 23.5. The van der Waals surface area contributed by atoms with E-state index in [1.54, 1.807) is 6.92 Å². The highest BCUT2D eigenvalue weighted by Gasteiger charge is 2.46. The van der Waals surface area contributed by atoms with Gasteiger partial charge in [-0.25, -0.2) is 4.79 Å². The second-order valence-corrected chi connectivity index (χ2v) is 6.47. The number of carboxylic acids is 1. The van der Waals surface area contributed by atoms with Crippen LogP contribution in [0.5, 0.6) is 0 Å². The van der Waals surface area contributed by atoms with Crippen molar-refractivity contribution in [1.29, 1.82) is 0 Å². The van der Waals surface area contributed by atoms with Gasteiger partial charge in [0, 0.05) is 12.1 Å². The first-order chi connectivity index (χ1) is 9.52. The number of urea groups is 1. The molecule has 0 aromatic carbocycles. The first-order valence-corrected chi connectivity index (χ1v) is 7.83. The summed E-state index contributed by atoms with van der Waals surface area (Å²) in [5, 5.41) is 15.2. The van der Waals surface area contributed by atoms with Crippen molar-refractivity contribution < 1.29 is 14.7 Å². The Hall–Kier alpha value is -1.26. The summed E-state index contributed by atoms with van der Waals surface area (Å²) in [5.74, 6) is -0.810. The van der Waals surface area contributed by atoms with Crippen LogP contribution < -0.4 is 10.6 Å². The van der Waals surface area contributed by atoms with E-state index < -0.39 is 11.4 Å². The first kappa shape index (κ1) is 15.1. The van der Waals surface area contributed by atoms with Gasteiger partial charge in [-0.1, -0.05) is 32.1 Å². The number of carbonyl (C=O) groups is 2. The molecule has 2 aliphatic carbocycles. The number of aliphatic carboxylic acids is 1. The Labute approximate surface area is 120 Å². The Morgan fingerprint density at radius 1 is 1.00 bits per heavy atom. The molecule has 2 rings (SSSR count). The van der Waals surface area contributed by atoms with E-state index >= 15 is 0 Å². The minimum Gasteiger partial charge on any atom is -0.481 e. The minimum absolute atomic E-state index is 0.198. The highest BCUT2D eigenvalue weighted by Crippen LogP contribution is 2.38. The SMILES string of the molecule is CC1(C(=O)O)CCCC1NC(=O)NC1CCCCCC1. The average molecular weight is 282 g/mol. The number of amides is 2. The van der Waals surface area contributed by atoms with E-state index in [2.05, 4.69) is 10.6 Å². The van der Waals surface area contributed by atoms with Gasteiger partial charge >= 0.3 is 12.0 Å². The summed E-state index contributed by atoms with van der Waals surface area (Å²) in [6, 6.07) is -0.211. The molecule has 5 nitrogen and oxygen atoms in total. The van der Waals surface area contributed by atoms with Crippen LogP contribution in [-0.2, 0) is 4.79 Å². The van der Waals surface area contributed by atoms with Crippen molar-refractivity contribution in [2.75, 3.05) is 0 Å². The average Bonchev–Trinajstić information content (AvgIpc) is 2.62. The molecule has 2 amide bonds. The number of nitrogens with one attached hydrogen (secondary N) is 2. The quantitative estimate of drug-likeness (QED) is 0.696. The maximum atomic E-state index is 12.1. The molecule has 114 valence electrons. The lowest BCUT2D eigenvalue weighted by atomic mass is 9.85. The molecule has 0 saturated heterocycles. The van der Waals surface area contributed by atoms with Crippen LogP contribution in [0.15, 0.2) is 0 Å². The second-order valence-electron chi connectivity index (χ2n) is 6.47. The van der Waals surface area contributed by atoms with Crippen LogP contribution in [0.25, 0.3) is 0 Å². The molecule has 2 fully saturated rings. The fourth-order valence-electron chi connectivity index (χ4n) is 3.46. The molecule has 2 saturated carbocycles. The molecule has 20 heavy (non-hydrogen) atoms. The standard InChI is InChI=1S/C15H26N2O3/c1-15(13(18)19)10-6-9-12(15)17-14(20)16-11-7-4-2-3-5-8-11/h11-12H,2-10H2,1H3,(H,18,19)(H2,16,17,20). The molecule has 2 aliphatic rings. The third-order valence-corrected chi connectivity index (χ3v) is 4.94. The van der Waals surface area contributed by atoms with E-state index in [1.807, 2.05) is 0 Å². The molecular weight excluding hydrogens is 256 g/mol. The first-order valence-electron chi connectivity index (χ1n) is 7.83. The third kappa shape index (κ3) is 3.44. The highest BCUT2D eigenvalue weighted by molar-refractivity contribution is 5.79. The van der Waals surface area contributed by atoms with Crippen molar-refractivity contribution in [1.82, 2.24) is 10.6 Å². The van der Waals surface area contributed by atoms with Gasteiger partial charge in [0.05, 0.1) is 5.41 Å². The zero-order valence-electron chi connectivity index (χ0n) is 12.3. The van der Waals surface area contributed by atoms with E-state index in [-0.39, 0.29) is 18.1 Å². The molecule has 0 radical (unpaired) electrons. The Kier molecular flexibility index (Phi) is 4.89. The smallest absolute Gasteiger partial charge is 0.315 e. The van der Waals surface area contributed by atoms with Crippen molar-refractivity contribution in [3.05, 3.63) is 0 Å². The number of hydrogen-bond acceptors (Lipinski definition) is 2. The highest BCUT2D eigenvalue weighted by atomic mass is 16.4. The van der Waals surface area contributed by atoms with Gasteiger partial charge in [0.2, 0.25) is 0 Å². The van der Waals surface area contributed by atoms with E-state index in [0.29, 0.717) is 6.42 Å². The molecular formula is C15H26N2O3. The Morgan fingerprint density at radius 2 is 1.65 bits per heavy atom. The van der Waals surface area contributed by atoms with Crippen molar-refractivity contribution in [2.45, 2.75) is 76.8 Å². The largest absolute Gasteiger partial charge is 0.481 e. The van der Waals surface area contributed by atoms with E-state index in [4.69, 9.17) is 0 Å². The maximum Gasteiger partial charge on any atom is 0.315 e. The van der Waals surface area contributed by atoms with Gasteiger partial charge < -0.3 is 15.7 Å². The van der Waals surface area contributed by atoms with Crippen LogP contribution in [0.3, 0.4) is 0 Å². The molecule has 2 unspecified atom stereocenters. The number of rotatable bonds is 3. The molecule has 3 N–H and O–H groups in total. The van der Waals surface area contributed by atoms with Crippen LogP contribution in [-0.4, -0.2) is 29.2 Å². The minimum atomic E-state index is -0.819. The molecule has 0 aliphatic heterocycles. The number of hydrogen-bond donors (Lipinski definition) is 3. The monoisotopic (exact) mass is 282 g/mol. The van der Waals surface area contributed by atoms with Gasteiger partial charge in [0.25, 0.3) is 0 Å². The summed E-state index contributed by atoms with van der Waals surface area (Å²) in [6.07, 6.45) is 9.15. The fourth-order valence-corrected chi connectivity index (χ4v) is 3.46. The normalized spacial score (nSPS) is 31.6. The van der Waals surface area contributed by atoms with Crippen molar-refractivity contribution in [2.24, 2.45) is 5.41 Å². The summed E-state index contributed by atoms with van der Waals surface area (Å²) in [7, 11) is 0. The van der Waals surface area contributed by atoms with Gasteiger partial charge in [-0.15, -0.1) is 0 Å². The summed E-state index contributed by atoms with van der Waals surface area (Å²) in [6.45, 7) is 1.74. The molecule has 0 spiro atoms. The molecule has 0 aromatic heterocycles. The van der Waals surface area contributed by atoms with Gasteiger partial charge in [0.15, 0.2) is 0 Å². The molecule has 0 bridgehead atoms. The topological polar surface area (TPSA) is 78.4 Å². The van der Waals surface area contributed by atoms with Crippen LogP contribution in [0.2, 0.25) is 0 Å². The van der Waals surface area contributed by atoms with Gasteiger partial charge in [-0.2, -0.15) is 0 Å². The molecule has 5 heteroatoms. The fraction of sp³-hybridized carbons (Fsp3) is 0.867. The predicted molar refractivity (Wildman–Crippen MR) is 76.5 cm³/mol. The number of carbonyl (C=O) groups excluding carboxylic acids is 1. The second kappa shape index (κ2) is 6.46. The lowest BCUT2D eigenvalue weighted by Gasteiger charge is -2.28. The summed E-state index contributed by atoms with van der Waals surface area (Å²) < 4.78 is 0. The van der Waals surface area contributed by atoms with E-state index in [9.17, 15) is 14.7 Å². The molecule has 2 atom stereocenters. The van der Waals surface area contributed by atoms with E-state index in [1.165, 1.54) is 25.7 Å². The lowest BCUT2D eigenvalue weighted by Crippen LogP contribution is -2.52. The predicted octanol–water partition coefficient (Wildman–Crippen LogP) is 2.65. The maximum absolute atomic E-state index is 12.1. The summed E-state index contributed by atoms with van der Waals surface area (Å²) in [5.41, 5.74) is -0.819. The van der Waals surface area contributed by atoms with Crippen LogP contribution >= 0.6 is 0 Å². The Balaban J connectivity index is 1.86. The summed E-state index contributed by atoms with van der Waals surface area (Å²) >= 11 is 0. The molecule has 0 heterocycles. The van der Waals surface area contributed by atoms with Gasteiger partial charge in [-0.05, 0) is 32.6 Å². The lowest BCUT2D eigenvalue weighted by molar-refractivity contribution is -0.148. The van der Waals surface area contributed by atoms with Crippen LogP contribution in [0.4, 0.5) is 4.79 Å². The van der Waals surface area contributed by atoms with Gasteiger partial charge in [0.1, 0.15) is 0 Å². The van der Waals surface area contributed by atoms with Crippen LogP contribution in [0, 0.1) is 5.41 Å². The van der Waals surface area contributed by atoms with Crippen molar-refractivity contribution in [3.63, 3.8) is 0 Å². The van der Waals surface area contributed by atoms with E-state index in [0.717, 1.165) is 25.7 Å². The Morgan fingerprint density at radius 3 is 2.25 bits per heavy atom. The Bertz CT molecular complexity index is 364. The molecule has 0 aromatic rings. The number of carboxylic acid groups (broad SMARTS) is 1. The zero-order chi connectivity index (χ0) is 14.6.